The Morgan fingerprint density at radius 3 is 2.42 bits per heavy atom. The molecule has 5 rings (SSSR count). The van der Waals surface area contributed by atoms with E-state index in [0.29, 0.717) is 35.3 Å². The van der Waals surface area contributed by atoms with Crippen molar-refractivity contribution in [1.82, 2.24) is 4.90 Å². The van der Waals surface area contributed by atoms with E-state index in [1.54, 1.807) is 4.90 Å². The summed E-state index contributed by atoms with van der Waals surface area (Å²) in [5, 5.41) is 0.654. The smallest absolute Gasteiger partial charge is 0.287 e. The summed E-state index contributed by atoms with van der Waals surface area (Å²) in [6, 6.07) is 17.5. The average Bonchev–Trinajstić information content (AvgIpc) is 3.26. The lowest BCUT2D eigenvalue weighted by Crippen LogP contribution is -2.47. The SMILES string of the molecule is C[C@@H]1CN(C2=NC(=O)/C(=C3/C(=O)N(Cc4ccccc4)c4ccccc43)S2)C[C@H](C)O1. The van der Waals surface area contributed by atoms with Gasteiger partial charge in [-0.05, 0) is 37.2 Å². The van der Waals surface area contributed by atoms with Crippen molar-refractivity contribution in [2.45, 2.75) is 32.6 Å². The van der Waals surface area contributed by atoms with Crippen molar-refractivity contribution in [2.75, 3.05) is 18.0 Å². The zero-order chi connectivity index (χ0) is 21.5. The number of hydrogen-bond acceptors (Lipinski definition) is 5. The first-order valence-electron chi connectivity index (χ1n) is 10.4. The van der Waals surface area contributed by atoms with E-state index >= 15 is 0 Å². The number of fused-ring (bicyclic) bond motifs is 1. The normalized spacial score (nSPS) is 25.8. The zero-order valence-electron chi connectivity index (χ0n) is 17.4. The number of nitrogens with zero attached hydrogens (tertiary/aromatic N) is 3. The van der Waals surface area contributed by atoms with Gasteiger partial charge in [0.1, 0.15) is 0 Å². The first-order chi connectivity index (χ1) is 15.0. The van der Waals surface area contributed by atoms with Crippen molar-refractivity contribution in [3.63, 3.8) is 0 Å². The minimum atomic E-state index is -0.341. The lowest BCUT2D eigenvalue weighted by molar-refractivity contribution is -0.115. The third-order valence-corrected chi connectivity index (χ3v) is 6.72. The van der Waals surface area contributed by atoms with Crippen LogP contribution in [0.4, 0.5) is 5.69 Å². The molecule has 31 heavy (non-hydrogen) atoms. The Kier molecular flexibility index (Phi) is 5.16. The van der Waals surface area contributed by atoms with Crippen molar-refractivity contribution in [2.24, 2.45) is 4.99 Å². The molecule has 0 unspecified atom stereocenters. The number of anilines is 1. The fourth-order valence-electron chi connectivity index (χ4n) is 4.35. The molecule has 0 aromatic heterocycles. The Bertz CT molecular complexity index is 1100. The molecule has 0 spiro atoms. The van der Waals surface area contributed by atoms with E-state index in [-0.39, 0.29) is 24.0 Å². The van der Waals surface area contributed by atoms with E-state index < -0.39 is 0 Å². The number of amidine groups is 1. The molecule has 0 radical (unpaired) electrons. The highest BCUT2D eigenvalue weighted by Gasteiger charge is 2.40. The summed E-state index contributed by atoms with van der Waals surface area (Å²) in [7, 11) is 0. The highest BCUT2D eigenvalue weighted by Crippen LogP contribution is 2.44. The van der Waals surface area contributed by atoms with E-state index in [1.807, 2.05) is 68.4 Å². The van der Waals surface area contributed by atoms with Crippen LogP contribution in [-0.4, -0.2) is 47.2 Å². The molecule has 6 nitrogen and oxygen atoms in total. The lowest BCUT2D eigenvalue weighted by Gasteiger charge is -2.35. The minimum absolute atomic E-state index is 0.0639. The quantitative estimate of drug-likeness (QED) is 0.676. The predicted molar refractivity (Wildman–Crippen MR) is 123 cm³/mol. The highest BCUT2D eigenvalue weighted by molar-refractivity contribution is 8.18. The first-order valence-corrected chi connectivity index (χ1v) is 11.2. The number of carbonyl (C=O) groups excluding carboxylic acids is 2. The molecule has 2 aromatic carbocycles. The van der Waals surface area contributed by atoms with Crippen LogP contribution in [0.2, 0.25) is 0 Å². The van der Waals surface area contributed by atoms with Crippen LogP contribution < -0.4 is 4.90 Å². The molecular formula is C24H23N3O3S. The first kappa shape index (κ1) is 20.0. The highest BCUT2D eigenvalue weighted by atomic mass is 32.2. The van der Waals surface area contributed by atoms with Crippen LogP contribution in [0.15, 0.2) is 64.5 Å². The summed E-state index contributed by atoms with van der Waals surface area (Å²) in [5.74, 6) is -0.493. The number of aliphatic imine (C=N–C) groups is 1. The molecule has 7 heteroatoms. The topological polar surface area (TPSA) is 62.2 Å². The maximum Gasteiger partial charge on any atom is 0.287 e. The number of ether oxygens (including phenoxy) is 1. The van der Waals surface area contributed by atoms with Gasteiger partial charge >= 0.3 is 0 Å². The van der Waals surface area contributed by atoms with Gasteiger partial charge in [-0.3, -0.25) is 9.59 Å². The Balaban J connectivity index is 1.48. The summed E-state index contributed by atoms with van der Waals surface area (Å²) >= 11 is 1.31. The standard InChI is InChI=1S/C24H23N3O3S/c1-15-12-26(13-16(2)30-15)24-25-22(28)21(31-24)20-18-10-6-7-11-19(18)27(23(20)29)14-17-8-4-3-5-9-17/h3-11,15-16H,12-14H2,1-2H3/b21-20-/t15-,16+. The number of benzene rings is 2. The maximum atomic E-state index is 13.5. The monoisotopic (exact) mass is 433 g/mol. The Hall–Kier alpha value is -2.90. The summed E-state index contributed by atoms with van der Waals surface area (Å²) in [6.45, 7) is 5.84. The average molecular weight is 434 g/mol. The van der Waals surface area contributed by atoms with Gasteiger partial charge in [-0.1, -0.05) is 48.5 Å². The van der Waals surface area contributed by atoms with Gasteiger partial charge in [-0.2, -0.15) is 4.99 Å². The molecule has 0 N–H and O–H groups in total. The lowest BCUT2D eigenvalue weighted by atomic mass is 10.1. The van der Waals surface area contributed by atoms with Crippen LogP contribution in [-0.2, 0) is 20.9 Å². The Labute approximate surface area is 185 Å². The van der Waals surface area contributed by atoms with E-state index in [9.17, 15) is 9.59 Å². The van der Waals surface area contributed by atoms with Gasteiger partial charge in [0.15, 0.2) is 5.17 Å². The van der Waals surface area contributed by atoms with Crippen LogP contribution >= 0.6 is 11.8 Å². The molecule has 158 valence electrons. The molecule has 3 aliphatic heterocycles. The van der Waals surface area contributed by atoms with Gasteiger partial charge in [-0.25, -0.2) is 0 Å². The number of thioether (sulfide) groups is 1. The molecule has 2 atom stereocenters. The number of amides is 2. The molecule has 2 amide bonds. The fraction of sp³-hybridized carbons (Fsp3) is 0.292. The molecule has 3 aliphatic rings. The van der Waals surface area contributed by atoms with Crippen molar-refractivity contribution < 1.29 is 14.3 Å². The third-order valence-electron chi connectivity index (χ3n) is 5.61. The van der Waals surface area contributed by atoms with E-state index in [4.69, 9.17) is 4.74 Å². The summed E-state index contributed by atoms with van der Waals surface area (Å²) < 4.78 is 5.80. The second-order valence-electron chi connectivity index (χ2n) is 8.06. The number of carbonyl (C=O) groups is 2. The van der Waals surface area contributed by atoms with Gasteiger partial charge in [0.05, 0.1) is 34.9 Å². The van der Waals surface area contributed by atoms with Gasteiger partial charge in [0.2, 0.25) is 0 Å². The van der Waals surface area contributed by atoms with Gasteiger partial charge < -0.3 is 14.5 Å². The minimum Gasteiger partial charge on any atom is -0.372 e. The molecular weight excluding hydrogens is 410 g/mol. The zero-order valence-corrected chi connectivity index (χ0v) is 18.3. The largest absolute Gasteiger partial charge is 0.372 e. The molecule has 0 bridgehead atoms. The third kappa shape index (κ3) is 3.68. The fourth-order valence-corrected chi connectivity index (χ4v) is 5.37. The second-order valence-corrected chi connectivity index (χ2v) is 9.04. The maximum absolute atomic E-state index is 13.5. The number of rotatable bonds is 2. The number of morpholine rings is 1. The molecule has 1 saturated heterocycles. The predicted octanol–water partition coefficient (Wildman–Crippen LogP) is 3.68. The van der Waals surface area contributed by atoms with Crippen molar-refractivity contribution in [1.29, 1.82) is 0 Å². The summed E-state index contributed by atoms with van der Waals surface area (Å²) in [5.41, 5.74) is 3.11. The second kappa shape index (κ2) is 7.98. The van der Waals surface area contributed by atoms with E-state index in [2.05, 4.69) is 9.89 Å². The Morgan fingerprint density at radius 2 is 1.68 bits per heavy atom. The van der Waals surface area contributed by atoms with Crippen LogP contribution in [0.1, 0.15) is 25.0 Å². The van der Waals surface area contributed by atoms with Crippen LogP contribution in [0.3, 0.4) is 0 Å². The Morgan fingerprint density at radius 1 is 1.00 bits per heavy atom. The van der Waals surface area contributed by atoms with Crippen molar-refractivity contribution >= 4 is 40.0 Å². The molecule has 2 aromatic rings. The van der Waals surface area contributed by atoms with Crippen LogP contribution in [0.25, 0.3) is 5.57 Å². The molecule has 0 aliphatic carbocycles. The van der Waals surface area contributed by atoms with E-state index in [0.717, 1.165) is 16.8 Å². The number of para-hydroxylation sites is 1. The van der Waals surface area contributed by atoms with Crippen LogP contribution in [0, 0.1) is 0 Å². The van der Waals surface area contributed by atoms with Gasteiger partial charge in [-0.15, -0.1) is 0 Å². The van der Waals surface area contributed by atoms with Crippen molar-refractivity contribution in [3.05, 3.63) is 70.6 Å². The molecule has 1 fully saturated rings. The van der Waals surface area contributed by atoms with Gasteiger partial charge in [0, 0.05) is 18.7 Å². The van der Waals surface area contributed by atoms with E-state index in [1.165, 1.54) is 11.8 Å². The number of hydrogen-bond donors (Lipinski definition) is 0. The van der Waals surface area contributed by atoms with Crippen LogP contribution in [0.5, 0.6) is 0 Å². The summed E-state index contributed by atoms with van der Waals surface area (Å²) in [6.07, 6.45) is 0.128. The van der Waals surface area contributed by atoms with Crippen molar-refractivity contribution in [3.8, 4) is 0 Å². The molecule has 0 saturated carbocycles. The summed E-state index contributed by atoms with van der Waals surface area (Å²) in [4.78, 5) is 35.0. The van der Waals surface area contributed by atoms with Gasteiger partial charge in [0.25, 0.3) is 11.8 Å². The molecule has 3 heterocycles.